The molecule has 19 heavy (non-hydrogen) atoms. The zero-order valence-electron chi connectivity index (χ0n) is 11.9. The molecule has 0 aliphatic carbocycles. The molecule has 0 amide bonds. The van der Waals surface area contributed by atoms with Gasteiger partial charge in [0.25, 0.3) is 0 Å². The van der Waals surface area contributed by atoms with E-state index in [2.05, 4.69) is 43.9 Å². The normalized spacial score (nSPS) is 12.4. The summed E-state index contributed by atoms with van der Waals surface area (Å²) in [4.78, 5) is 11.5. The molecule has 1 nitrogen and oxygen atoms in total. The monoisotopic (exact) mass is 286 g/mol. The minimum absolute atomic E-state index is 0.966. The highest BCUT2D eigenvalue weighted by molar-refractivity contribution is 7.05. The number of hydrogen-bond acceptors (Lipinski definition) is 1. The van der Waals surface area contributed by atoms with Crippen molar-refractivity contribution in [2.75, 3.05) is 0 Å². The van der Waals surface area contributed by atoms with Crippen molar-refractivity contribution in [2.45, 2.75) is 25.3 Å². The van der Waals surface area contributed by atoms with Crippen molar-refractivity contribution in [3.05, 3.63) is 60.7 Å². The quantitative estimate of drug-likeness (QED) is 0.857. The average Bonchev–Trinajstić information content (AvgIpc) is 2.39. The third-order valence-corrected chi connectivity index (χ3v) is 12.2. The predicted molar refractivity (Wildman–Crippen MR) is 88.3 cm³/mol. The van der Waals surface area contributed by atoms with Gasteiger partial charge < -0.3 is 4.80 Å². The summed E-state index contributed by atoms with van der Waals surface area (Å²) >= 11 is 0. The van der Waals surface area contributed by atoms with E-state index in [9.17, 15) is 4.80 Å². The highest BCUT2D eigenvalue weighted by Crippen LogP contribution is 2.18. The Morgan fingerprint density at radius 2 is 1.11 bits per heavy atom. The average molecular weight is 287 g/mol. The Balaban J connectivity index is 2.51. The first-order chi connectivity index (χ1) is 8.92. The maximum Gasteiger partial charge on any atom is 0.249 e. The molecule has 0 bridgehead atoms. The fourth-order valence-electron chi connectivity index (χ4n) is 2.57. The molecule has 0 fully saturated rings. The molecule has 0 spiro atoms. The van der Waals surface area contributed by atoms with Crippen LogP contribution in [0.3, 0.4) is 0 Å². The van der Waals surface area contributed by atoms with Gasteiger partial charge in [-0.15, -0.1) is 0 Å². The molecule has 0 unspecified atom stereocenters. The summed E-state index contributed by atoms with van der Waals surface area (Å²) in [5, 5.41) is 2.26. The van der Waals surface area contributed by atoms with Crippen LogP contribution in [0.1, 0.15) is 0 Å². The largest absolute Gasteiger partial charge is 0.424 e. The molecule has 0 aliphatic heterocycles. The predicted octanol–water partition coefficient (Wildman–Crippen LogP) is 2.62. The second kappa shape index (κ2) is 5.45. The van der Waals surface area contributed by atoms with Crippen LogP contribution in [-0.4, -0.2) is 21.2 Å². The van der Waals surface area contributed by atoms with Crippen LogP contribution in [-0.2, 0) is 0 Å². The van der Waals surface area contributed by atoms with E-state index in [0.29, 0.717) is 0 Å². The van der Waals surface area contributed by atoms with E-state index >= 15 is 0 Å². The summed E-state index contributed by atoms with van der Waals surface area (Å²) in [6.07, 6.45) is 0. The molecule has 2 rings (SSSR count). The van der Waals surface area contributed by atoms with Gasteiger partial charge in [0.15, 0.2) is 0 Å². The van der Waals surface area contributed by atoms with E-state index in [-0.39, 0.29) is 0 Å². The van der Waals surface area contributed by atoms with Crippen molar-refractivity contribution in [3.63, 3.8) is 0 Å². The van der Waals surface area contributed by atoms with Crippen LogP contribution in [0.15, 0.2) is 60.7 Å². The molecule has 0 atom stereocenters. The van der Waals surface area contributed by atoms with Crippen LogP contribution >= 0.6 is 0 Å². The SMILES string of the molecule is C[Si](C)(C)C[Si](O)(c1ccccc1)c1ccccc1. The first kappa shape index (κ1) is 14.2. The molecule has 0 saturated heterocycles. The van der Waals surface area contributed by atoms with Gasteiger partial charge in [-0.25, -0.2) is 0 Å². The zero-order valence-corrected chi connectivity index (χ0v) is 13.9. The second-order valence-corrected chi connectivity index (χ2v) is 15.7. The molecular formula is C16H22OSi2. The minimum Gasteiger partial charge on any atom is -0.424 e. The van der Waals surface area contributed by atoms with Crippen molar-refractivity contribution >= 4 is 26.8 Å². The molecule has 0 aromatic heterocycles. The van der Waals surface area contributed by atoms with Crippen LogP contribution in [0.25, 0.3) is 0 Å². The Hall–Kier alpha value is -1.17. The third kappa shape index (κ3) is 3.44. The maximum absolute atomic E-state index is 11.5. The van der Waals surface area contributed by atoms with E-state index < -0.39 is 16.4 Å². The van der Waals surface area contributed by atoms with Crippen molar-refractivity contribution in [1.29, 1.82) is 0 Å². The van der Waals surface area contributed by atoms with Crippen molar-refractivity contribution < 1.29 is 4.80 Å². The Morgan fingerprint density at radius 1 is 0.737 bits per heavy atom. The van der Waals surface area contributed by atoms with Crippen molar-refractivity contribution in [2.24, 2.45) is 0 Å². The van der Waals surface area contributed by atoms with Gasteiger partial charge >= 0.3 is 0 Å². The zero-order chi connectivity index (χ0) is 13.9. The van der Waals surface area contributed by atoms with Gasteiger partial charge in [-0.3, -0.25) is 0 Å². The lowest BCUT2D eigenvalue weighted by molar-refractivity contribution is 0.572. The summed E-state index contributed by atoms with van der Waals surface area (Å²) in [5.74, 6) is 0. The summed E-state index contributed by atoms with van der Waals surface area (Å²) in [7, 11) is -3.92. The van der Waals surface area contributed by atoms with Crippen molar-refractivity contribution in [3.8, 4) is 0 Å². The number of rotatable bonds is 4. The van der Waals surface area contributed by atoms with Crippen LogP contribution in [0, 0.1) is 0 Å². The first-order valence-electron chi connectivity index (χ1n) is 6.75. The third-order valence-electron chi connectivity index (χ3n) is 3.29. The molecular weight excluding hydrogens is 264 g/mol. The van der Waals surface area contributed by atoms with Crippen LogP contribution in [0.5, 0.6) is 0 Å². The summed E-state index contributed by atoms with van der Waals surface area (Å²) < 4.78 is 0. The van der Waals surface area contributed by atoms with Crippen LogP contribution in [0.2, 0.25) is 25.3 Å². The van der Waals surface area contributed by atoms with E-state index in [4.69, 9.17) is 0 Å². The Bertz CT molecular complexity index is 478. The highest BCUT2D eigenvalue weighted by Gasteiger charge is 2.39. The fraction of sp³-hybridized carbons (Fsp3) is 0.250. The van der Waals surface area contributed by atoms with Gasteiger partial charge in [0, 0.05) is 8.07 Å². The molecule has 1 N–H and O–H groups in total. The molecule has 0 aliphatic rings. The lowest BCUT2D eigenvalue weighted by Crippen LogP contribution is -2.62. The van der Waals surface area contributed by atoms with E-state index in [0.717, 1.165) is 16.0 Å². The van der Waals surface area contributed by atoms with Gasteiger partial charge in [-0.2, -0.15) is 0 Å². The van der Waals surface area contributed by atoms with Gasteiger partial charge in [0.05, 0.1) is 0 Å². The molecule has 3 heteroatoms. The summed E-state index contributed by atoms with van der Waals surface area (Å²) in [6, 6.07) is 20.5. The second-order valence-electron chi connectivity index (χ2n) is 6.33. The minimum atomic E-state index is -2.58. The van der Waals surface area contributed by atoms with Gasteiger partial charge in [-0.05, 0) is 16.0 Å². The number of benzene rings is 2. The number of hydrogen-bond donors (Lipinski definition) is 1. The topological polar surface area (TPSA) is 20.2 Å². The standard InChI is InChI=1S/C16H22OSi2/c1-18(2,3)14-19(17,15-10-6-4-7-11-15)16-12-8-5-9-13-16/h4-13,17H,14H2,1-3H3. The van der Waals surface area contributed by atoms with Gasteiger partial charge in [0.2, 0.25) is 8.32 Å². The summed E-state index contributed by atoms with van der Waals surface area (Å²) in [6.45, 7) is 6.99. The van der Waals surface area contributed by atoms with Crippen LogP contribution in [0.4, 0.5) is 0 Å². The molecule has 0 saturated carbocycles. The van der Waals surface area contributed by atoms with E-state index in [1.54, 1.807) is 0 Å². The van der Waals surface area contributed by atoms with Gasteiger partial charge in [0.1, 0.15) is 0 Å². The highest BCUT2D eigenvalue weighted by atomic mass is 28.4. The lowest BCUT2D eigenvalue weighted by Gasteiger charge is -2.31. The van der Waals surface area contributed by atoms with E-state index in [1.165, 1.54) is 0 Å². The Kier molecular flexibility index (Phi) is 4.08. The molecule has 0 heterocycles. The smallest absolute Gasteiger partial charge is 0.249 e. The molecule has 100 valence electrons. The summed E-state index contributed by atoms with van der Waals surface area (Å²) in [5.41, 5.74) is 0.966. The van der Waals surface area contributed by atoms with Crippen LogP contribution < -0.4 is 10.4 Å². The van der Waals surface area contributed by atoms with E-state index in [1.807, 2.05) is 36.4 Å². The maximum atomic E-state index is 11.5. The first-order valence-corrected chi connectivity index (χ1v) is 12.6. The lowest BCUT2D eigenvalue weighted by atomic mass is 10.4. The van der Waals surface area contributed by atoms with Gasteiger partial charge in [-0.1, -0.05) is 80.3 Å². The van der Waals surface area contributed by atoms with Crippen molar-refractivity contribution in [1.82, 2.24) is 0 Å². The Labute approximate surface area is 118 Å². The fourth-order valence-corrected chi connectivity index (χ4v) is 12.2. The molecule has 2 aromatic carbocycles. The molecule has 0 radical (unpaired) electrons. The Morgan fingerprint density at radius 3 is 1.42 bits per heavy atom. The molecule has 2 aromatic rings.